The summed E-state index contributed by atoms with van der Waals surface area (Å²) in [5, 5.41) is 18.7. The van der Waals surface area contributed by atoms with Gasteiger partial charge in [-0.05, 0) is 12.8 Å². The van der Waals surface area contributed by atoms with Crippen molar-refractivity contribution >= 4 is 0 Å². The lowest BCUT2D eigenvalue weighted by atomic mass is 9.91. The normalized spacial score (nSPS) is 41.7. The van der Waals surface area contributed by atoms with Gasteiger partial charge in [-0.15, -0.1) is 0 Å². The largest absolute Gasteiger partial charge is 0.388 e. The lowest BCUT2D eigenvalue weighted by molar-refractivity contribution is -0.256. The van der Waals surface area contributed by atoms with Crippen LogP contribution in [-0.2, 0) is 4.74 Å². The summed E-state index contributed by atoms with van der Waals surface area (Å²) in [6.07, 6.45) is 2.40. The van der Waals surface area contributed by atoms with Crippen LogP contribution in [0.4, 0.5) is 0 Å². The first-order valence-corrected chi connectivity index (χ1v) is 3.64. The third kappa shape index (κ3) is 1.31. The number of aliphatic hydroxyl groups excluding tert-OH is 1. The fraction of sp³-hybridized carbons (Fsp3) is 1.00. The van der Waals surface area contributed by atoms with E-state index in [1.165, 1.54) is 7.11 Å². The molecule has 0 spiro atoms. The van der Waals surface area contributed by atoms with E-state index in [0.717, 1.165) is 12.8 Å². The van der Waals surface area contributed by atoms with Crippen LogP contribution in [0.5, 0.6) is 0 Å². The van der Waals surface area contributed by atoms with Gasteiger partial charge in [-0.25, -0.2) is 0 Å². The summed E-state index contributed by atoms with van der Waals surface area (Å²) in [6.45, 7) is 0. The summed E-state index contributed by atoms with van der Waals surface area (Å²) in [5.74, 6) is -1.27. The lowest BCUT2D eigenvalue weighted by Gasteiger charge is -2.35. The Bertz CT molecular complexity index is 115. The minimum atomic E-state index is -1.27. The van der Waals surface area contributed by atoms with Crippen molar-refractivity contribution in [2.24, 2.45) is 0 Å². The predicted octanol–water partition coefficient (Wildman–Crippen LogP) is 0.256. The van der Waals surface area contributed by atoms with Gasteiger partial charge >= 0.3 is 0 Å². The Labute approximate surface area is 60.6 Å². The number of rotatable bonds is 1. The maximum atomic E-state index is 9.48. The maximum absolute atomic E-state index is 9.48. The van der Waals surface area contributed by atoms with Crippen molar-refractivity contribution in [2.45, 2.75) is 37.6 Å². The van der Waals surface area contributed by atoms with Crippen LogP contribution in [0.3, 0.4) is 0 Å². The second kappa shape index (κ2) is 2.86. The number of ether oxygens (including phenoxy) is 1. The highest BCUT2D eigenvalue weighted by Gasteiger charge is 2.37. The number of methoxy groups -OCH3 is 1. The van der Waals surface area contributed by atoms with E-state index in [1.807, 2.05) is 0 Å². The lowest BCUT2D eigenvalue weighted by Crippen LogP contribution is -2.46. The highest BCUT2D eigenvalue weighted by Crippen LogP contribution is 2.28. The topological polar surface area (TPSA) is 49.7 Å². The Morgan fingerprint density at radius 2 is 2.20 bits per heavy atom. The van der Waals surface area contributed by atoms with Gasteiger partial charge in [0.2, 0.25) is 0 Å². The van der Waals surface area contributed by atoms with E-state index in [-0.39, 0.29) is 0 Å². The molecule has 0 heterocycles. The Morgan fingerprint density at radius 1 is 1.50 bits per heavy atom. The second-order valence-corrected chi connectivity index (χ2v) is 2.81. The van der Waals surface area contributed by atoms with Crippen LogP contribution >= 0.6 is 0 Å². The van der Waals surface area contributed by atoms with E-state index < -0.39 is 11.9 Å². The van der Waals surface area contributed by atoms with E-state index in [4.69, 9.17) is 4.74 Å². The average Bonchev–Trinajstić information content (AvgIpc) is 1.96. The molecule has 1 aliphatic rings. The molecule has 0 aromatic carbocycles. The number of hydrogen-bond donors (Lipinski definition) is 2. The van der Waals surface area contributed by atoms with E-state index >= 15 is 0 Å². The molecule has 0 amide bonds. The van der Waals surface area contributed by atoms with E-state index in [1.54, 1.807) is 0 Å². The highest BCUT2D eigenvalue weighted by molar-refractivity contribution is 4.81. The Kier molecular flexibility index (Phi) is 2.28. The van der Waals surface area contributed by atoms with Crippen LogP contribution < -0.4 is 0 Å². The molecule has 1 rings (SSSR count). The zero-order chi connectivity index (χ0) is 7.61. The molecule has 2 N–H and O–H groups in total. The van der Waals surface area contributed by atoms with Gasteiger partial charge in [0.15, 0.2) is 5.79 Å². The molecule has 2 atom stereocenters. The quantitative estimate of drug-likeness (QED) is 0.521. The summed E-state index contributed by atoms with van der Waals surface area (Å²) in [5.41, 5.74) is 0. The van der Waals surface area contributed by atoms with Crippen LogP contribution in [0.25, 0.3) is 0 Å². The summed E-state index contributed by atoms with van der Waals surface area (Å²) in [4.78, 5) is 0. The molecule has 1 fully saturated rings. The van der Waals surface area contributed by atoms with Gasteiger partial charge in [0.25, 0.3) is 0 Å². The Hall–Kier alpha value is -0.120. The van der Waals surface area contributed by atoms with Gasteiger partial charge in [0.1, 0.15) is 6.10 Å². The van der Waals surface area contributed by atoms with Gasteiger partial charge in [-0.1, -0.05) is 6.42 Å². The van der Waals surface area contributed by atoms with Crippen LogP contribution in [0.2, 0.25) is 0 Å². The van der Waals surface area contributed by atoms with E-state index in [2.05, 4.69) is 0 Å². The fourth-order valence-corrected chi connectivity index (χ4v) is 1.35. The molecular weight excluding hydrogens is 132 g/mol. The SMILES string of the molecule is COC1(O)CCCCC1O. The van der Waals surface area contributed by atoms with Crippen molar-refractivity contribution in [3.8, 4) is 0 Å². The molecule has 0 aromatic heterocycles. The third-order valence-electron chi connectivity index (χ3n) is 2.14. The molecule has 3 heteroatoms. The van der Waals surface area contributed by atoms with Crippen LogP contribution in [0.1, 0.15) is 25.7 Å². The maximum Gasteiger partial charge on any atom is 0.191 e. The molecule has 1 saturated carbocycles. The van der Waals surface area contributed by atoms with Gasteiger partial charge in [-0.2, -0.15) is 0 Å². The molecule has 3 nitrogen and oxygen atoms in total. The molecule has 2 unspecified atom stereocenters. The standard InChI is InChI=1S/C7H14O3/c1-10-7(9)5-3-2-4-6(7)8/h6,8-9H,2-5H2,1H3. The molecule has 0 aliphatic heterocycles. The molecule has 1 aliphatic carbocycles. The number of hydrogen-bond acceptors (Lipinski definition) is 3. The van der Waals surface area contributed by atoms with Gasteiger partial charge < -0.3 is 14.9 Å². The first-order valence-electron chi connectivity index (χ1n) is 3.64. The van der Waals surface area contributed by atoms with E-state index in [0.29, 0.717) is 12.8 Å². The first kappa shape index (κ1) is 7.98. The average molecular weight is 146 g/mol. The molecule has 10 heavy (non-hydrogen) atoms. The Morgan fingerprint density at radius 3 is 2.60 bits per heavy atom. The summed E-state index contributed by atoms with van der Waals surface area (Å²) in [6, 6.07) is 0. The van der Waals surface area contributed by atoms with E-state index in [9.17, 15) is 10.2 Å². The predicted molar refractivity (Wildman–Crippen MR) is 36.4 cm³/mol. The van der Waals surface area contributed by atoms with Crippen LogP contribution in [0, 0.1) is 0 Å². The van der Waals surface area contributed by atoms with Crippen molar-refractivity contribution in [3.63, 3.8) is 0 Å². The smallest absolute Gasteiger partial charge is 0.191 e. The summed E-state index contributed by atoms with van der Waals surface area (Å²) in [7, 11) is 1.43. The minimum Gasteiger partial charge on any atom is -0.388 e. The molecule has 0 aromatic rings. The zero-order valence-corrected chi connectivity index (χ0v) is 6.21. The third-order valence-corrected chi connectivity index (χ3v) is 2.14. The molecule has 0 radical (unpaired) electrons. The van der Waals surface area contributed by atoms with Crippen molar-refractivity contribution < 1.29 is 14.9 Å². The Balaban J connectivity index is 2.54. The monoisotopic (exact) mass is 146 g/mol. The molecule has 60 valence electrons. The van der Waals surface area contributed by atoms with Gasteiger partial charge in [0.05, 0.1) is 0 Å². The molecular formula is C7H14O3. The fourth-order valence-electron chi connectivity index (χ4n) is 1.35. The zero-order valence-electron chi connectivity index (χ0n) is 6.21. The number of aliphatic hydroxyl groups is 2. The van der Waals surface area contributed by atoms with Gasteiger partial charge in [-0.3, -0.25) is 0 Å². The summed E-state index contributed by atoms with van der Waals surface area (Å²) < 4.78 is 4.80. The minimum absolute atomic E-state index is 0.546. The first-order chi connectivity index (χ1) is 4.69. The second-order valence-electron chi connectivity index (χ2n) is 2.81. The molecule has 0 bridgehead atoms. The molecule has 0 saturated heterocycles. The van der Waals surface area contributed by atoms with Crippen molar-refractivity contribution in [3.05, 3.63) is 0 Å². The van der Waals surface area contributed by atoms with Crippen LogP contribution in [0.15, 0.2) is 0 Å². The van der Waals surface area contributed by atoms with Crippen LogP contribution in [-0.4, -0.2) is 29.2 Å². The summed E-state index contributed by atoms with van der Waals surface area (Å²) >= 11 is 0. The van der Waals surface area contributed by atoms with Crippen molar-refractivity contribution in [1.82, 2.24) is 0 Å². The van der Waals surface area contributed by atoms with Gasteiger partial charge in [0, 0.05) is 13.5 Å². The van der Waals surface area contributed by atoms with Crippen molar-refractivity contribution in [2.75, 3.05) is 7.11 Å². The van der Waals surface area contributed by atoms with Crippen molar-refractivity contribution in [1.29, 1.82) is 0 Å². The highest BCUT2D eigenvalue weighted by atomic mass is 16.6.